The topological polar surface area (TPSA) is 97.7 Å². The third-order valence-electron chi connectivity index (χ3n) is 1.22. The Balaban J connectivity index is 0.00000144. The number of benzene rings is 1. The maximum Gasteiger partial charge on any atom is 1.00 e. The molecule has 0 aliphatic heterocycles. The molecule has 1 rings (SSSR count). The quantitative estimate of drug-likeness (QED) is 0.394. The Morgan fingerprint density at radius 1 is 1.15 bits per heavy atom. The molecule has 0 radical (unpaired) electrons. The molecule has 0 aliphatic rings. The molecular formula is C6H5KO5S. The van der Waals surface area contributed by atoms with Crippen LogP contribution in [0.25, 0.3) is 0 Å². The van der Waals surface area contributed by atoms with Gasteiger partial charge in [0, 0.05) is 0 Å². The van der Waals surface area contributed by atoms with Crippen molar-refractivity contribution in [3.8, 4) is 11.5 Å². The fourth-order valence-corrected chi connectivity index (χ4v) is 1.42. The second-order valence-electron chi connectivity index (χ2n) is 2.08. The molecule has 13 heavy (non-hydrogen) atoms. The number of phenols is 2. The summed E-state index contributed by atoms with van der Waals surface area (Å²) in [5.74, 6) is -1.49. The van der Waals surface area contributed by atoms with Crippen molar-refractivity contribution in [1.82, 2.24) is 0 Å². The van der Waals surface area contributed by atoms with Gasteiger partial charge in [-0.15, -0.1) is 0 Å². The van der Waals surface area contributed by atoms with Crippen molar-refractivity contribution in [3.05, 3.63) is 18.2 Å². The van der Waals surface area contributed by atoms with Crippen LogP contribution in [0.4, 0.5) is 0 Å². The van der Waals surface area contributed by atoms with E-state index in [9.17, 15) is 13.0 Å². The number of hydrogen-bond donors (Lipinski definition) is 2. The van der Waals surface area contributed by atoms with Gasteiger partial charge in [0.1, 0.15) is 26.5 Å². The van der Waals surface area contributed by atoms with Crippen molar-refractivity contribution in [2.75, 3.05) is 0 Å². The van der Waals surface area contributed by atoms with E-state index in [2.05, 4.69) is 0 Å². The van der Waals surface area contributed by atoms with Gasteiger partial charge in [-0.25, -0.2) is 8.42 Å². The summed E-state index contributed by atoms with van der Waals surface area (Å²) in [5, 5.41) is 17.8. The van der Waals surface area contributed by atoms with E-state index >= 15 is 0 Å². The third-order valence-corrected chi connectivity index (χ3v) is 2.14. The van der Waals surface area contributed by atoms with E-state index in [4.69, 9.17) is 10.2 Å². The van der Waals surface area contributed by atoms with Crippen molar-refractivity contribution in [2.45, 2.75) is 4.90 Å². The maximum absolute atomic E-state index is 10.4. The van der Waals surface area contributed by atoms with Gasteiger partial charge in [-0.3, -0.25) is 0 Å². The zero-order chi connectivity index (χ0) is 9.35. The first-order valence-electron chi connectivity index (χ1n) is 2.90. The molecule has 1 aromatic carbocycles. The number of aromatic hydroxyl groups is 2. The van der Waals surface area contributed by atoms with Gasteiger partial charge in [0.2, 0.25) is 0 Å². The molecule has 66 valence electrons. The second-order valence-corrected chi connectivity index (χ2v) is 3.40. The molecule has 0 amide bonds. The van der Waals surface area contributed by atoms with Crippen molar-refractivity contribution in [2.24, 2.45) is 0 Å². The van der Waals surface area contributed by atoms with Crippen molar-refractivity contribution < 1.29 is 74.6 Å². The van der Waals surface area contributed by atoms with E-state index in [1.54, 1.807) is 0 Å². The Labute approximate surface area is 118 Å². The van der Waals surface area contributed by atoms with Gasteiger partial charge in [0.15, 0.2) is 0 Å². The minimum atomic E-state index is -4.81. The largest absolute Gasteiger partial charge is 1.00 e. The first-order chi connectivity index (χ1) is 5.43. The van der Waals surface area contributed by atoms with E-state index in [1.807, 2.05) is 0 Å². The number of phenolic OH excluding ortho intramolecular Hbond substituents is 2. The Kier molecular flexibility index (Phi) is 4.87. The van der Waals surface area contributed by atoms with Crippen LogP contribution in [0.2, 0.25) is 0 Å². The molecule has 2 N–H and O–H groups in total. The summed E-state index contributed by atoms with van der Waals surface area (Å²) >= 11 is 0. The third kappa shape index (κ3) is 3.20. The van der Waals surface area contributed by atoms with Crippen molar-refractivity contribution in [3.63, 3.8) is 0 Å². The number of rotatable bonds is 1. The minimum Gasteiger partial charge on any atom is -0.744 e. The van der Waals surface area contributed by atoms with Crippen LogP contribution in [-0.2, 0) is 10.1 Å². The standard InChI is InChI=1S/C6H6O5S.K/c7-4-2-1-3-5(8)6(4)12(9,10)11;/h1-3,7-8H,(H,9,10,11);/q;+1/p-1. The Bertz CT molecular complexity index is 379. The van der Waals surface area contributed by atoms with Crippen LogP contribution in [0.1, 0.15) is 0 Å². The van der Waals surface area contributed by atoms with Crippen LogP contribution in [0, 0.1) is 0 Å². The first kappa shape index (κ1) is 13.4. The normalized spacial score (nSPS) is 10.5. The average molecular weight is 228 g/mol. The Morgan fingerprint density at radius 3 is 1.77 bits per heavy atom. The molecule has 0 saturated carbocycles. The van der Waals surface area contributed by atoms with E-state index in [0.717, 1.165) is 12.1 Å². The van der Waals surface area contributed by atoms with Gasteiger partial charge in [-0.2, -0.15) is 0 Å². The molecule has 0 spiro atoms. The Hall–Kier alpha value is 0.366. The Morgan fingerprint density at radius 2 is 1.54 bits per heavy atom. The molecule has 0 bridgehead atoms. The van der Waals surface area contributed by atoms with Crippen LogP contribution in [0.3, 0.4) is 0 Å². The van der Waals surface area contributed by atoms with Crippen molar-refractivity contribution in [1.29, 1.82) is 0 Å². The van der Waals surface area contributed by atoms with Gasteiger partial charge < -0.3 is 14.8 Å². The SMILES string of the molecule is O=S(=O)([O-])c1c(O)cccc1O.[K+]. The summed E-state index contributed by atoms with van der Waals surface area (Å²) in [6.45, 7) is 0. The first-order valence-corrected chi connectivity index (χ1v) is 4.30. The van der Waals surface area contributed by atoms with Crippen LogP contribution in [-0.4, -0.2) is 23.2 Å². The molecule has 0 aliphatic carbocycles. The van der Waals surface area contributed by atoms with Crippen molar-refractivity contribution >= 4 is 10.1 Å². The van der Waals surface area contributed by atoms with E-state index in [1.165, 1.54) is 6.07 Å². The smallest absolute Gasteiger partial charge is 0.744 e. The molecular weight excluding hydrogens is 223 g/mol. The average Bonchev–Trinajstić information content (AvgIpc) is 1.82. The summed E-state index contributed by atoms with van der Waals surface area (Å²) in [7, 11) is -4.81. The molecule has 0 fully saturated rings. The van der Waals surface area contributed by atoms with Crippen LogP contribution in [0.15, 0.2) is 23.1 Å². The molecule has 1 aromatic rings. The fraction of sp³-hybridized carbons (Fsp3) is 0. The van der Waals surface area contributed by atoms with E-state index in [-0.39, 0.29) is 51.4 Å². The summed E-state index contributed by atoms with van der Waals surface area (Å²) in [6, 6.07) is 3.23. The summed E-state index contributed by atoms with van der Waals surface area (Å²) in [5.41, 5.74) is 0. The minimum absolute atomic E-state index is 0. The zero-order valence-electron chi connectivity index (χ0n) is 6.76. The predicted octanol–water partition coefficient (Wildman–Crippen LogP) is -2.99. The fourth-order valence-electron chi connectivity index (χ4n) is 0.769. The van der Waals surface area contributed by atoms with Crippen LogP contribution in [0.5, 0.6) is 11.5 Å². The van der Waals surface area contributed by atoms with Gasteiger partial charge in [-0.05, 0) is 12.1 Å². The molecule has 0 atom stereocenters. The predicted molar refractivity (Wildman–Crippen MR) is 37.7 cm³/mol. The molecule has 0 heterocycles. The summed E-state index contributed by atoms with van der Waals surface area (Å²) in [6.07, 6.45) is 0. The van der Waals surface area contributed by atoms with Gasteiger partial charge in [0.05, 0.1) is 0 Å². The molecule has 7 heteroatoms. The maximum atomic E-state index is 10.4. The summed E-state index contributed by atoms with van der Waals surface area (Å²) < 4.78 is 31.2. The molecule has 0 saturated heterocycles. The van der Waals surface area contributed by atoms with Gasteiger partial charge >= 0.3 is 51.4 Å². The zero-order valence-corrected chi connectivity index (χ0v) is 10.7. The van der Waals surface area contributed by atoms with Gasteiger partial charge in [0.25, 0.3) is 0 Å². The number of hydrogen-bond acceptors (Lipinski definition) is 5. The molecule has 0 unspecified atom stereocenters. The monoisotopic (exact) mass is 228 g/mol. The van der Waals surface area contributed by atoms with Crippen LogP contribution >= 0.6 is 0 Å². The second kappa shape index (κ2) is 4.74. The summed E-state index contributed by atoms with van der Waals surface area (Å²) in [4.78, 5) is -0.981. The van der Waals surface area contributed by atoms with Gasteiger partial charge in [-0.1, -0.05) is 6.07 Å². The molecule has 0 aromatic heterocycles. The molecule has 5 nitrogen and oxygen atoms in total. The van der Waals surface area contributed by atoms with Crippen LogP contribution < -0.4 is 51.4 Å². The van der Waals surface area contributed by atoms with E-state index in [0.29, 0.717) is 0 Å². The van der Waals surface area contributed by atoms with E-state index < -0.39 is 26.5 Å².